The highest BCUT2D eigenvalue weighted by Gasteiger charge is 2.21. The lowest BCUT2D eigenvalue weighted by molar-refractivity contribution is 0.0877. The molecule has 0 saturated carbocycles. The van der Waals surface area contributed by atoms with Crippen molar-refractivity contribution < 1.29 is 5.11 Å². The van der Waals surface area contributed by atoms with Crippen molar-refractivity contribution >= 4 is 0 Å². The van der Waals surface area contributed by atoms with E-state index in [0.717, 1.165) is 25.7 Å². The first-order valence-electron chi connectivity index (χ1n) is 6.74. The first kappa shape index (κ1) is 13.8. The highest BCUT2D eigenvalue weighted by atomic mass is 16.3. The first-order valence-corrected chi connectivity index (χ1v) is 6.74. The van der Waals surface area contributed by atoms with Crippen LogP contribution in [0.5, 0.6) is 0 Å². The van der Waals surface area contributed by atoms with E-state index in [1.165, 1.54) is 18.4 Å². The first-order chi connectivity index (χ1) is 7.41. The summed E-state index contributed by atoms with van der Waals surface area (Å²) in [5.74, 6) is 0.460. The SMILES string of the molecule is C/C1=C\CC(C)(C)CC[C@H](O)[C@H](C)CCC1. The Bertz CT molecular complexity index is 240. The summed E-state index contributed by atoms with van der Waals surface area (Å²) in [7, 11) is 0. The molecule has 94 valence electrons. The van der Waals surface area contributed by atoms with Gasteiger partial charge in [-0.1, -0.05) is 32.4 Å². The molecule has 0 spiro atoms. The van der Waals surface area contributed by atoms with Crippen LogP contribution < -0.4 is 0 Å². The summed E-state index contributed by atoms with van der Waals surface area (Å²) in [4.78, 5) is 0. The van der Waals surface area contributed by atoms with Crippen LogP contribution in [0.1, 0.15) is 66.2 Å². The van der Waals surface area contributed by atoms with Crippen molar-refractivity contribution in [2.24, 2.45) is 11.3 Å². The van der Waals surface area contributed by atoms with Gasteiger partial charge in [0.15, 0.2) is 0 Å². The van der Waals surface area contributed by atoms with E-state index >= 15 is 0 Å². The molecule has 16 heavy (non-hydrogen) atoms. The Labute approximate surface area is 101 Å². The topological polar surface area (TPSA) is 20.2 Å². The van der Waals surface area contributed by atoms with Crippen molar-refractivity contribution in [3.63, 3.8) is 0 Å². The van der Waals surface area contributed by atoms with Gasteiger partial charge in [-0.25, -0.2) is 0 Å². The van der Waals surface area contributed by atoms with Gasteiger partial charge >= 0.3 is 0 Å². The minimum atomic E-state index is -0.0994. The number of allylic oxidation sites excluding steroid dienone is 2. The lowest BCUT2D eigenvalue weighted by atomic mass is 9.82. The average Bonchev–Trinajstić information content (AvgIpc) is 2.23. The molecule has 1 N–H and O–H groups in total. The van der Waals surface area contributed by atoms with Gasteiger partial charge in [0, 0.05) is 0 Å². The van der Waals surface area contributed by atoms with Gasteiger partial charge in [0.05, 0.1) is 6.10 Å². The molecule has 0 bridgehead atoms. The van der Waals surface area contributed by atoms with Gasteiger partial charge in [0.2, 0.25) is 0 Å². The van der Waals surface area contributed by atoms with Crippen molar-refractivity contribution in [2.75, 3.05) is 0 Å². The van der Waals surface area contributed by atoms with E-state index in [1.54, 1.807) is 0 Å². The van der Waals surface area contributed by atoms with E-state index in [1.807, 2.05) is 0 Å². The minimum absolute atomic E-state index is 0.0994. The molecule has 0 aliphatic heterocycles. The van der Waals surface area contributed by atoms with Crippen LogP contribution in [-0.2, 0) is 0 Å². The lowest BCUT2D eigenvalue weighted by Gasteiger charge is -2.26. The molecule has 0 unspecified atom stereocenters. The lowest BCUT2D eigenvalue weighted by Crippen LogP contribution is -2.21. The summed E-state index contributed by atoms with van der Waals surface area (Å²) in [5.41, 5.74) is 1.86. The molecular weight excluding hydrogens is 196 g/mol. The van der Waals surface area contributed by atoms with E-state index < -0.39 is 0 Å². The van der Waals surface area contributed by atoms with Crippen LogP contribution in [0.15, 0.2) is 11.6 Å². The van der Waals surface area contributed by atoms with Crippen LogP contribution in [0.3, 0.4) is 0 Å². The molecule has 0 radical (unpaired) electrons. The summed E-state index contributed by atoms with van der Waals surface area (Å²) in [6, 6.07) is 0. The third-order valence-electron chi connectivity index (χ3n) is 4.01. The quantitative estimate of drug-likeness (QED) is 0.608. The Morgan fingerprint density at radius 2 is 2.00 bits per heavy atom. The summed E-state index contributed by atoms with van der Waals surface area (Å²) >= 11 is 0. The number of hydrogen-bond acceptors (Lipinski definition) is 1. The standard InChI is InChI=1S/C15H28O/c1-12-6-5-7-13(2)14(16)9-11-15(3,4)10-8-12/h8,13-14,16H,5-7,9-11H2,1-4H3/b12-8+/t13-,14+/m1/s1. The van der Waals surface area contributed by atoms with Crippen LogP contribution >= 0.6 is 0 Å². The van der Waals surface area contributed by atoms with Crippen molar-refractivity contribution in [3.8, 4) is 0 Å². The highest BCUT2D eigenvalue weighted by molar-refractivity contribution is 5.00. The molecule has 0 saturated heterocycles. The second-order valence-corrected chi connectivity index (χ2v) is 6.39. The molecule has 1 heteroatoms. The van der Waals surface area contributed by atoms with Crippen molar-refractivity contribution in [1.29, 1.82) is 0 Å². The third kappa shape index (κ3) is 4.69. The summed E-state index contributed by atoms with van der Waals surface area (Å²) in [6.45, 7) is 9.06. The maximum Gasteiger partial charge on any atom is 0.0566 e. The van der Waals surface area contributed by atoms with Crippen molar-refractivity contribution in [2.45, 2.75) is 72.3 Å². The largest absolute Gasteiger partial charge is 0.393 e. The monoisotopic (exact) mass is 224 g/mol. The molecule has 1 aliphatic carbocycles. The van der Waals surface area contributed by atoms with Gasteiger partial charge in [-0.2, -0.15) is 0 Å². The molecule has 2 atom stereocenters. The Morgan fingerprint density at radius 3 is 2.69 bits per heavy atom. The predicted molar refractivity (Wildman–Crippen MR) is 70.4 cm³/mol. The fourth-order valence-corrected chi connectivity index (χ4v) is 2.37. The summed E-state index contributed by atoms with van der Waals surface area (Å²) < 4.78 is 0. The third-order valence-corrected chi connectivity index (χ3v) is 4.01. The molecule has 0 amide bonds. The highest BCUT2D eigenvalue weighted by Crippen LogP contribution is 2.31. The maximum atomic E-state index is 10.1. The van der Waals surface area contributed by atoms with Gasteiger partial charge in [0.1, 0.15) is 0 Å². The Kier molecular flexibility index (Phi) is 5.04. The zero-order chi connectivity index (χ0) is 12.2. The Morgan fingerprint density at radius 1 is 1.31 bits per heavy atom. The molecule has 1 nitrogen and oxygen atoms in total. The fourth-order valence-electron chi connectivity index (χ4n) is 2.37. The molecule has 0 aromatic heterocycles. The minimum Gasteiger partial charge on any atom is -0.393 e. The maximum absolute atomic E-state index is 10.1. The zero-order valence-corrected chi connectivity index (χ0v) is 11.4. The van der Waals surface area contributed by atoms with Gasteiger partial charge in [-0.3, -0.25) is 0 Å². The Balaban J connectivity index is 2.66. The van der Waals surface area contributed by atoms with Crippen molar-refractivity contribution in [1.82, 2.24) is 0 Å². The molecule has 1 aliphatic rings. The van der Waals surface area contributed by atoms with Crippen molar-refractivity contribution in [3.05, 3.63) is 11.6 Å². The predicted octanol–water partition coefficient (Wildman–Crippen LogP) is 4.31. The van der Waals surface area contributed by atoms with Gasteiger partial charge < -0.3 is 5.11 Å². The van der Waals surface area contributed by atoms with E-state index in [0.29, 0.717) is 11.3 Å². The smallest absolute Gasteiger partial charge is 0.0566 e. The molecule has 1 rings (SSSR count). The van der Waals surface area contributed by atoms with Crippen LogP contribution in [0.4, 0.5) is 0 Å². The van der Waals surface area contributed by atoms with E-state index in [2.05, 4.69) is 33.8 Å². The molecule has 0 heterocycles. The average molecular weight is 224 g/mol. The van der Waals surface area contributed by atoms with Gasteiger partial charge in [-0.05, 0) is 56.8 Å². The van der Waals surface area contributed by atoms with Gasteiger partial charge in [0.25, 0.3) is 0 Å². The number of aliphatic hydroxyl groups excluding tert-OH is 1. The van der Waals surface area contributed by atoms with Gasteiger partial charge in [-0.15, -0.1) is 0 Å². The van der Waals surface area contributed by atoms with Crippen LogP contribution in [0, 0.1) is 11.3 Å². The van der Waals surface area contributed by atoms with Crippen LogP contribution in [-0.4, -0.2) is 11.2 Å². The van der Waals surface area contributed by atoms with E-state index in [4.69, 9.17) is 0 Å². The number of aliphatic hydroxyl groups is 1. The number of hydrogen-bond donors (Lipinski definition) is 1. The van der Waals surface area contributed by atoms with Crippen LogP contribution in [0.2, 0.25) is 0 Å². The molecule has 0 aromatic rings. The Hall–Kier alpha value is -0.300. The second-order valence-electron chi connectivity index (χ2n) is 6.39. The van der Waals surface area contributed by atoms with E-state index in [-0.39, 0.29) is 6.10 Å². The fraction of sp³-hybridized carbons (Fsp3) is 0.867. The molecule has 0 fully saturated rings. The van der Waals surface area contributed by atoms with Crippen LogP contribution in [0.25, 0.3) is 0 Å². The summed E-state index contributed by atoms with van der Waals surface area (Å²) in [5, 5.41) is 10.1. The molecular formula is C15H28O. The van der Waals surface area contributed by atoms with E-state index in [9.17, 15) is 5.11 Å². The normalized spacial score (nSPS) is 35.9. The molecule has 0 aromatic carbocycles. The number of rotatable bonds is 0. The zero-order valence-electron chi connectivity index (χ0n) is 11.4. The second kappa shape index (κ2) is 5.86. The summed E-state index contributed by atoms with van der Waals surface area (Å²) in [6.07, 6.45) is 9.13.